The summed E-state index contributed by atoms with van der Waals surface area (Å²) < 4.78 is 0. The normalized spacial score (nSPS) is 16.6. The van der Waals surface area contributed by atoms with Crippen molar-refractivity contribution in [3.8, 4) is 0 Å². The Morgan fingerprint density at radius 3 is 2.62 bits per heavy atom. The number of anilines is 1. The largest absolute Gasteiger partial charge is 0.480 e. The van der Waals surface area contributed by atoms with Gasteiger partial charge in [0.1, 0.15) is 6.04 Å². The predicted molar refractivity (Wildman–Crippen MR) is 75.4 cm³/mol. The van der Waals surface area contributed by atoms with E-state index in [0.717, 1.165) is 5.56 Å². The van der Waals surface area contributed by atoms with Gasteiger partial charge in [0.05, 0.1) is 5.56 Å². The fourth-order valence-electron chi connectivity index (χ4n) is 2.52. The Morgan fingerprint density at radius 1 is 1.19 bits per heavy atom. The van der Waals surface area contributed by atoms with E-state index in [9.17, 15) is 19.5 Å². The van der Waals surface area contributed by atoms with E-state index in [4.69, 9.17) is 0 Å². The summed E-state index contributed by atoms with van der Waals surface area (Å²) in [5.74, 6) is -1.49. The van der Waals surface area contributed by atoms with Gasteiger partial charge in [0.15, 0.2) is 0 Å². The molecule has 0 saturated carbocycles. The zero-order chi connectivity index (χ0) is 15.0. The molecule has 6 heteroatoms. The number of carboxylic acid groups (broad SMARTS) is 1. The number of pyridine rings is 1. The zero-order valence-electron chi connectivity index (χ0n) is 10.9. The van der Waals surface area contributed by atoms with Crippen LogP contribution in [-0.2, 0) is 11.2 Å². The van der Waals surface area contributed by atoms with E-state index in [-0.39, 0.29) is 17.5 Å². The first-order chi connectivity index (χ1) is 10.1. The molecule has 1 aromatic heterocycles. The van der Waals surface area contributed by atoms with Crippen molar-refractivity contribution in [1.82, 2.24) is 4.98 Å². The second-order valence-corrected chi connectivity index (χ2v) is 4.80. The lowest BCUT2D eigenvalue weighted by molar-refractivity contribution is -0.138. The van der Waals surface area contributed by atoms with E-state index in [0.29, 0.717) is 5.69 Å². The van der Waals surface area contributed by atoms with Gasteiger partial charge in [-0.3, -0.25) is 14.5 Å². The van der Waals surface area contributed by atoms with Crippen LogP contribution < -0.4 is 10.5 Å². The number of aromatic nitrogens is 1. The molecule has 1 atom stereocenters. The molecule has 2 N–H and O–H groups in total. The smallest absolute Gasteiger partial charge is 0.327 e. The number of hydrogen-bond acceptors (Lipinski definition) is 3. The molecule has 0 fully saturated rings. The molecular weight excluding hydrogens is 272 g/mol. The lowest BCUT2D eigenvalue weighted by atomic mass is 10.1. The van der Waals surface area contributed by atoms with E-state index in [1.165, 1.54) is 23.2 Å². The Hall–Kier alpha value is -2.89. The average Bonchev–Trinajstić information content (AvgIpc) is 2.87. The third kappa shape index (κ3) is 2.20. The van der Waals surface area contributed by atoms with Crippen LogP contribution in [0.1, 0.15) is 15.9 Å². The number of carbonyl (C=O) groups excluding carboxylic acids is 1. The monoisotopic (exact) mass is 284 g/mol. The van der Waals surface area contributed by atoms with Gasteiger partial charge in [-0.1, -0.05) is 18.2 Å². The number of amides is 1. The highest BCUT2D eigenvalue weighted by molar-refractivity contribution is 6.10. The Morgan fingerprint density at radius 2 is 1.95 bits per heavy atom. The molecule has 2 aromatic rings. The molecule has 1 amide bonds. The van der Waals surface area contributed by atoms with Crippen LogP contribution in [0.25, 0.3) is 0 Å². The molecule has 21 heavy (non-hydrogen) atoms. The van der Waals surface area contributed by atoms with Gasteiger partial charge in [-0.15, -0.1) is 0 Å². The van der Waals surface area contributed by atoms with Gasteiger partial charge in [0, 0.05) is 24.4 Å². The Bertz CT molecular complexity index is 761. The summed E-state index contributed by atoms with van der Waals surface area (Å²) in [6.07, 6.45) is 1.57. The topological polar surface area (TPSA) is 90.5 Å². The van der Waals surface area contributed by atoms with E-state index < -0.39 is 17.9 Å². The number of carbonyl (C=O) groups is 2. The van der Waals surface area contributed by atoms with Gasteiger partial charge in [-0.05, 0) is 17.7 Å². The Kier molecular flexibility index (Phi) is 3.06. The van der Waals surface area contributed by atoms with Crippen LogP contribution >= 0.6 is 0 Å². The van der Waals surface area contributed by atoms with Crippen LogP contribution in [0, 0.1) is 0 Å². The molecule has 106 valence electrons. The van der Waals surface area contributed by atoms with Crippen LogP contribution in [0.15, 0.2) is 47.4 Å². The van der Waals surface area contributed by atoms with Crippen molar-refractivity contribution in [2.24, 2.45) is 0 Å². The van der Waals surface area contributed by atoms with Gasteiger partial charge >= 0.3 is 5.97 Å². The lowest BCUT2D eigenvalue weighted by Gasteiger charge is -2.22. The lowest BCUT2D eigenvalue weighted by Crippen LogP contribution is -2.43. The highest BCUT2D eigenvalue weighted by atomic mass is 16.4. The van der Waals surface area contributed by atoms with Crippen molar-refractivity contribution in [3.05, 3.63) is 64.1 Å². The minimum atomic E-state index is -1.05. The molecule has 0 bridgehead atoms. The van der Waals surface area contributed by atoms with Gasteiger partial charge in [-0.25, -0.2) is 4.79 Å². The van der Waals surface area contributed by atoms with E-state index in [1.807, 2.05) is 12.1 Å². The molecule has 0 radical (unpaired) electrons. The predicted octanol–water partition coefficient (Wildman–Crippen LogP) is 1.03. The molecule has 3 rings (SSSR count). The summed E-state index contributed by atoms with van der Waals surface area (Å²) in [4.78, 5) is 38.7. The van der Waals surface area contributed by atoms with Crippen LogP contribution in [0.4, 0.5) is 5.69 Å². The number of rotatable bonds is 2. The summed E-state index contributed by atoms with van der Waals surface area (Å²) in [5, 5.41) is 9.34. The molecule has 1 aliphatic heterocycles. The van der Waals surface area contributed by atoms with Crippen molar-refractivity contribution in [2.75, 3.05) is 4.90 Å². The number of nitrogens with zero attached hydrogens (tertiary/aromatic N) is 1. The van der Waals surface area contributed by atoms with Crippen molar-refractivity contribution in [1.29, 1.82) is 0 Å². The first-order valence-electron chi connectivity index (χ1n) is 6.41. The molecule has 0 aliphatic carbocycles. The van der Waals surface area contributed by atoms with E-state index in [1.54, 1.807) is 12.1 Å². The average molecular weight is 284 g/mol. The van der Waals surface area contributed by atoms with Crippen LogP contribution in [0.3, 0.4) is 0 Å². The van der Waals surface area contributed by atoms with Gasteiger partial charge in [0.2, 0.25) is 5.56 Å². The molecule has 0 saturated heterocycles. The third-order valence-electron chi connectivity index (χ3n) is 3.51. The molecule has 2 heterocycles. The van der Waals surface area contributed by atoms with Crippen molar-refractivity contribution in [2.45, 2.75) is 12.5 Å². The number of benzene rings is 1. The maximum atomic E-state index is 12.6. The molecule has 1 aliphatic rings. The Labute approximate surface area is 119 Å². The SMILES string of the molecule is O=C(O)C1Cc2ccccc2N1C(=O)c1ccc(=O)[nH]c1. The summed E-state index contributed by atoms with van der Waals surface area (Å²) in [5.41, 5.74) is 1.35. The minimum absolute atomic E-state index is 0.248. The van der Waals surface area contributed by atoms with E-state index in [2.05, 4.69) is 4.98 Å². The van der Waals surface area contributed by atoms with Gasteiger partial charge in [-0.2, -0.15) is 0 Å². The number of aromatic amines is 1. The molecule has 1 unspecified atom stereocenters. The molecule has 0 spiro atoms. The third-order valence-corrected chi connectivity index (χ3v) is 3.51. The van der Waals surface area contributed by atoms with Gasteiger partial charge < -0.3 is 10.1 Å². The highest BCUT2D eigenvalue weighted by Crippen LogP contribution is 2.33. The number of nitrogens with one attached hydrogen (secondary N) is 1. The summed E-state index contributed by atoms with van der Waals surface area (Å²) in [7, 11) is 0. The minimum Gasteiger partial charge on any atom is -0.480 e. The quantitative estimate of drug-likeness (QED) is 0.861. The highest BCUT2D eigenvalue weighted by Gasteiger charge is 2.38. The second kappa shape index (κ2) is 4.90. The standard InChI is InChI=1S/C15H12N2O4/c18-13-6-5-10(8-16-13)14(19)17-11-4-2-1-3-9(11)7-12(17)15(20)21/h1-6,8,12H,7H2,(H,16,18)(H,20,21). The second-order valence-electron chi connectivity index (χ2n) is 4.80. The van der Waals surface area contributed by atoms with Gasteiger partial charge in [0.25, 0.3) is 5.91 Å². The number of para-hydroxylation sites is 1. The summed E-state index contributed by atoms with van der Waals surface area (Å²) in [6, 6.07) is 8.81. The summed E-state index contributed by atoms with van der Waals surface area (Å²) >= 11 is 0. The fourth-order valence-corrected chi connectivity index (χ4v) is 2.52. The fraction of sp³-hybridized carbons (Fsp3) is 0.133. The molecular formula is C15H12N2O4. The van der Waals surface area contributed by atoms with Crippen molar-refractivity contribution in [3.63, 3.8) is 0 Å². The van der Waals surface area contributed by atoms with Crippen LogP contribution in [0.5, 0.6) is 0 Å². The first kappa shape index (κ1) is 13.1. The zero-order valence-corrected chi connectivity index (χ0v) is 10.9. The van der Waals surface area contributed by atoms with Crippen molar-refractivity contribution >= 4 is 17.6 Å². The summed E-state index contributed by atoms with van der Waals surface area (Å²) in [6.45, 7) is 0. The van der Waals surface area contributed by atoms with E-state index >= 15 is 0 Å². The first-order valence-corrected chi connectivity index (χ1v) is 6.41. The molecule has 1 aromatic carbocycles. The number of carboxylic acids is 1. The van der Waals surface area contributed by atoms with Crippen LogP contribution in [0.2, 0.25) is 0 Å². The van der Waals surface area contributed by atoms with Crippen LogP contribution in [-0.4, -0.2) is 28.0 Å². The molecule has 6 nitrogen and oxygen atoms in total. The number of hydrogen-bond donors (Lipinski definition) is 2. The maximum Gasteiger partial charge on any atom is 0.327 e. The number of aliphatic carboxylic acids is 1. The number of H-pyrrole nitrogens is 1. The number of fused-ring (bicyclic) bond motifs is 1. The van der Waals surface area contributed by atoms with Crippen molar-refractivity contribution < 1.29 is 14.7 Å². The maximum absolute atomic E-state index is 12.6. The Balaban J connectivity index is 2.05.